The van der Waals surface area contributed by atoms with Crippen molar-refractivity contribution in [1.29, 1.82) is 0 Å². The highest BCUT2D eigenvalue weighted by Crippen LogP contribution is 2.40. The zero-order valence-electron chi connectivity index (χ0n) is 12.1. The molecule has 3 rings (SSSR count). The first-order chi connectivity index (χ1) is 10.2. The Morgan fingerprint density at radius 3 is 2.76 bits per heavy atom. The van der Waals surface area contributed by atoms with Crippen LogP contribution >= 0.6 is 15.9 Å². The topological polar surface area (TPSA) is 29.5 Å². The molecular formula is C18H19BrO2. The minimum atomic E-state index is -0.508. The third-order valence-corrected chi connectivity index (χ3v) is 4.49. The van der Waals surface area contributed by atoms with Crippen molar-refractivity contribution >= 4 is 15.9 Å². The van der Waals surface area contributed by atoms with E-state index in [2.05, 4.69) is 28.1 Å². The summed E-state index contributed by atoms with van der Waals surface area (Å²) in [6.07, 6.45) is 2.60. The van der Waals surface area contributed by atoms with Crippen molar-refractivity contribution in [3.8, 4) is 5.75 Å². The largest absolute Gasteiger partial charge is 0.496 e. The molecule has 1 atom stereocenters. The molecule has 0 heterocycles. The SMILES string of the molecule is COc1ccc(Br)cc1CC(O)c1cccc(C2CC2)c1. The van der Waals surface area contributed by atoms with Crippen LogP contribution in [0.5, 0.6) is 5.75 Å². The predicted octanol–water partition coefficient (Wildman–Crippen LogP) is 4.61. The summed E-state index contributed by atoms with van der Waals surface area (Å²) in [5.74, 6) is 1.52. The first-order valence-corrected chi connectivity index (χ1v) is 8.07. The van der Waals surface area contributed by atoms with E-state index in [0.717, 1.165) is 21.3 Å². The van der Waals surface area contributed by atoms with E-state index in [-0.39, 0.29) is 0 Å². The van der Waals surface area contributed by atoms with Crippen LogP contribution in [0.1, 0.15) is 41.6 Å². The van der Waals surface area contributed by atoms with E-state index in [9.17, 15) is 5.11 Å². The normalized spacial score (nSPS) is 15.8. The van der Waals surface area contributed by atoms with E-state index < -0.39 is 6.10 Å². The first-order valence-electron chi connectivity index (χ1n) is 7.27. The Morgan fingerprint density at radius 1 is 1.24 bits per heavy atom. The lowest BCUT2D eigenvalue weighted by molar-refractivity contribution is 0.177. The third kappa shape index (κ3) is 3.47. The maximum absolute atomic E-state index is 10.5. The second-order valence-electron chi connectivity index (χ2n) is 5.62. The highest BCUT2D eigenvalue weighted by atomic mass is 79.9. The summed E-state index contributed by atoms with van der Waals surface area (Å²) >= 11 is 3.47. The van der Waals surface area contributed by atoms with Gasteiger partial charge in [-0.05, 0) is 53.6 Å². The minimum Gasteiger partial charge on any atom is -0.496 e. The van der Waals surface area contributed by atoms with Crippen LogP contribution in [0.15, 0.2) is 46.9 Å². The lowest BCUT2D eigenvalue weighted by atomic mass is 9.98. The van der Waals surface area contributed by atoms with Gasteiger partial charge in [0.05, 0.1) is 13.2 Å². The quantitative estimate of drug-likeness (QED) is 0.856. The molecule has 0 saturated heterocycles. The Morgan fingerprint density at radius 2 is 2.05 bits per heavy atom. The van der Waals surface area contributed by atoms with Gasteiger partial charge in [0.2, 0.25) is 0 Å². The molecule has 1 saturated carbocycles. The van der Waals surface area contributed by atoms with Crippen LogP contribution in [0.4, 0.5) is 0 Å². The van der Waals surface area contributed by atoms with Crippen molar-refractivity contribution in [2.45, 2.75) is 31.3 Å². The Labute approximate surface area is 133 Å². The number of hydrogen-bond acceptors (Lipinski definition) is 2. The fourth-order valence-electron chi connectivity index (χ4n) is 2.67. The average molecular weight is 347 g/mol. The van der Waals surface area contributed by atoms with Gasteiger partial charge in [0.15, 0.2) is 0 Å². The molecule has 1 N–H and O–H groups in total. The average Bonchev–Trinajstić information content (AvgIpc) is 3.32. The molecule has 3 heteroatoms. The van der Waals surface area contributed by atoms with Gasteiger partial charge < -0.3 is 9.84 Å². The smallest absolute Gasteiger partial charge is 0.122 e. The van der Waals surface area contributed by atoms with Crippen LogP contribution in [0, 0.1) is 0 Å². The van der Waals surface area contributed by atoms with Crippen LogP contribution in [0.25, 0.3) is 0 Å². The Kier molecular flexibility index (Phi) is 4.32. The lowest BCUT2D eigenvalue weighted by Crippen LogP contribution is -2.04. The first kappa shape index (κ1) is 14.6. The molecule has 110 valence electrons. The van der Waals surface area contributed by atoms with Crippen molar-refractivity contribution in [3.05, 3.63) is 63.6 Å². The van der Waals surface area contributed by atoms with Crippen LogP contribution in [0.3, 0.4) is 0 Å². The molecule has 0 aromatic heterocycles. The highest BCUT2D eigenvalue weighted by Gasteiger charge is 2.24. The van der Waals surface area contributed by atoms with Crippen molar-refractivity contribution < 1.29 is 9.84 Å². The van der Waals surface area contributed by atoms with E-state index in [1.165, 1.54) is 18.4 Å². The van der Waals surface area contributed by atoms with Crippen molar-refractivity contribution in [2.75, 3.05) is 7.11 Å². The lowest BCUT2D eigenvalue weighted by Gasteiger charge is -2.15. The summed E-state index contributed by atoms with van der Waals surface area (Å²) in [7, 11) is 1.66. The Hall–Kier alpha value is -1.32. The van der Waals surface area contributed by atoms with Crippen LogP contribution in [-0.2, 0) is 6.42 Å². The van der Waals surface area contributed by atoms with Gasteiger partial charge in [-0.15, -0.1) is 0 Å². The van der Waals surface area contributed by atoms with Gasteiger partial charge in [-0.1, -0.05) is 40.2 Å². The maximum atomic E-state index is 10.5. The number of benzene rings is 2. The van der Waals surface area contributed by atoms with Crippen LogP contribution in [-0.4, -0.2) is 12.2 Å². The molecule has 2 aromatic rings. The van der Waals surface area contributed by atoms with E-state index in [1.54, 1.807) is 7.11 Å². The number of ether oxygens (including phenoxy) is 1. The summed E-state index contributed by atoms with van der Waals surface area (Å²) < 4.78 is 6.37. The molecule has 1 aliphatic carbocycles. The molecule has 2 aromatic carbocycles. The fraction of sp³-hybridized carbons (Fsp3) is 0.333. The molecule has 2 nitrogen and oxygen atoms in total. The Balaban J connectivity index is 1.81. The van der Waals surface area contributed by atoms with Crippen molar-refractivity contribution in [1.82, 2.24) is 0 Å². The minimum absolute atomic E-state index is 0.508. The van der Waals surface area contributed by atoms with E-state index >= 15 is 0 Å². The second-order valence-corrected chi connectivity index (χ2v) is 6.54. The number of hydrogen-bond donors (Lipinski definition) is 1. The molecule has 0 spiro atoms. The number of halogens is 1. The van der Waals surface area contributed by atoms with Gasteiger partial charge in [-0.25, -0.2) is 0 Å². The standard InChI is InChI=1S/C18H19BrO2/c1-21-18-8-7-16(19)10-15(18)11-17(20)14-4-2-3-13(9-14)12-5-6-12/h2-4,7-10,12,17,20H,5-6,11H2,1H3. The number of methoxy groups -OCH3 is 1. The summed E-state index contributed by atoms with van der Waals surface area (Å²) in [6, 6.07) is 14.2. The van der Waals surface area contributed by atoms with Crippen LogP contribution < -0.4 is 4.74 Å². The number of rotatable bonds is 5. The zero-order chi connectivity index (χ0) is 14.8. The molecular weight excluding hydrogens is 328 g/mol. The van der Waals surface area contributed by atoms with Gasteiger partial charge in [0.1, 0.15) is 5.75 Å². The molecule has 21 heavy (non-hydrogen) atoms. The molecule has 1 unspecified atom stereocenters. The third-order valence-electron chi connectivity index (χ3n) is 4.00. The van der Waals surface area contributed by atoms with Gasteiger partial charge in [0, 0.05) is 10.9 Å². The molecule has 0 bridgehead atoms. The van der Waals surface area contributed by atoms with Gasteiger partial charge in [-0.2, -0.15) is 0 Å². The van der Waals surface area contributed by atoms with Crippen molar-refractivity contribution in [3.63, 3.8) is 0 Å². The summed E-state index contributed by atoms with van der Waals surface area (Å²) in [5.41, 5.74) is 3.35. The van der Waals surface area contributed by atoms with Crippen molar-refractivity contribution in [2.24, 2.45) is 0 Å². The predicted molar refractivity (Wildman–Crippen MR) is 87.8 cm³/mol. The number of aliphatic hydroxyl groups is 1. The van der Waals surface area contributed by atoms with Gasteiger partial charge in [-0.3, -0.25) is 0 Å². The monoisotopic (exact) mass is 346 g/mol. The van der Waals surface area contributed by atoms with Gasteiger partial charge in [0.25, 0.3) is 0 Å². The summed E-state index contributed by atoms with van der Waals surface area (Å²) in [5, 5.41) is 10.5. The van der Waals surface area contributed by atoms with Gasteiger partial charge >= 0.3 is 0 Å². The number of aliphatic hydroxyl groups excluding tert-OH is 1. The molecule has 0 aliphatic heterocycles. The highest BCUT2D eigenvalue weighted by molar-refractivity contribution is 9.10. The zero-order valence-corrected chi connectivity index (χ0v) is 13.6. The molecule has 1 fully saturated rings. The fourth-order valence-corrected chi connectivity index (χ4v) is 3.08. The van der Waals surface area contributed by atoms with E-state index in [4.69, 9.17) is 4.74 Å². The molecule has 0 amide bonds. The molecule has 0 radical (unpaired) electrons. The summed E-state index contributed by atoms with van der Waals surface area (Å²) in [6.45, 7) is 0. The molecule has 1 aliphatic rings. The Bertz CT molecular complexity index is 635. The van der Waals surface area contributed by atoms with Crippen LogP contribution in [0.2, 0.25) is 0 Å². The van der Waals surface area contributed by atoms with E-state index in [1.807, 2.05) is 30.3 Å². The summed E-state index contributed by atoms with van der Waals surface area (Å²) in [4.78, 5) is 0. The van der Waals surface area contributed by atoms with E-state index in [0.29, 0.717) is 12.3 Å². The second kappa shape index (κ2) is 6.20. The maximum Gasteiger partial charge on any atom is 0.122 e.